The maximum absolute atomic E-state index is 15.7. The number of benzene rings is 2. The molecule has 4 aliphatic rings. The highest BCUT2D eigenvalue weighted by Gasteiger charge is 2.50. The van der Waals surface area contributed by atoms with Gasteiger partial charge in [-0.15, -0.1) is 0 Å². The molecule has 3 aliphatic heterocycles. The first-order valence-corrected chi connectivity index (χ1v) is 48.5. The number of nitrogens with two attached hydrogens (primary N) is 1. The second-order valence-electron chi connectivity index (χ2n) is 36.6. The Morgan fingerprint density at radius 2 is 1.11 bits per heavy atom. The van der Waals surface area contributed by atoms with Gasteiger partial charge in [0.25, 0.3) is 23.3 Å². The minimum Gasteiger partial charge on any atom is -0.458 e. The number of esters is 1. The van der Waals surface area contributed by atoms with Crippen LogP contribution in [0.4, 0.5) is 19.7 Å². The lowest BCUT2D eigenvalue weighted by Gasteiger charge is -2.35. The van der Waals surface area contributed by atoms with E-state index in [4.69, 9.17) is 58.8 Å². The maximum atomic E-state index is 15.7. The molecule has 5 heterocycles. The fourth-order valence-corrected chi connectivity index (χ4v) is 17.0. The van der Waals surface area contributed by atoms with Gasteiger partial charge in [-0.25, -0.2) is 23.8 Å². The van der Waals surface area contributed by atoms with E-state index in [1.807, 2.05) is 0 Å². The molecule has 0 saturated heterocycles. The van der Waals surface area contributed by atoms with Gasteiger partial charge in [-0.2, -0.15) is 0 Å². The van der Waals surface area contributed by atoms with Gasteiger partial charge in [0.1, 0.15) is 104 Å². The molecule has 10 amide bonds. The lowest BCUT2D eigenvalue weighted by molar-refractivity contribution is -0.172. The van der Waals surface area contributed by atoms with Crippen molar-refractivity contribution in [3.05, 3.63) is 104 Å². The Bertz CT molecular complexity index is 4910. The minimum atomic E-state index is -2.08. The summed E-state index contributed by atoms with van der Waals surface area (Å²) in [6.07, 6.45) is -21.7. The van der Waals surface area contributed by atoms with Gasteiger partial charge < -0.3 is 177 Å². The van der Waals surface area contributed by atoms with Gasteiger partial charge in [-0.05, 0) is 117 Å². The quantitative estimate of drug-likeness (QED) is 0.00744. The summed E-state index contributed by atoms with van der Waals surface area (Å²) < 4.78 is 60.1. The molecule has 4 aromatic rings. The number of fused-ring (bicyclic) bond motifs is 5. The summed E-state index contributed by atoms with van der Waals surface area (Å²) in [5.41, 5.74) is 6.36. The van der Waals surface area contributed by atoms with E-state index in [1.165, 1.54) is 22.8 Å². The van der Waals surface area contributed by atoms with E-state index < -0.39 is 263 Å². The second-order valence-corrected chi connectivity index (χ2v) is 38.3. The number of hydrogen-bond acceptors (Lipinski definition) is 39. The number of nitrogens with one attached hydrogen (secondary N) is 7. The highest BCUT2D eigenvalue weighted by Crippen LogP contribution is 2.47. The number of hydrogen-bond donors (Lipinski definition) is 26. The summed E-state index contributed by atoms with van der Waals surface area (Å²) >= 11 is 0. The average Bonchev–Trinajstić information content (AvgIpc) is 1.14. The Morgan fingerprint density at radius 1 is 0.594 bits per heavy atom. The summed E-state index contributed by atoms with van der Waals surface area (Å²) in [5, 5.41) is 204. The van der Waals surface area contributed by atoms with E-state index in [0.717, 1.165) is 22.0 Å². The van der Waals surface area contributed by atoms with Gasteiger partial charge in [-0.3, -0.25) is 48.2 Å². The van der Waals surface area contributed by atoms with Gasteiger partial charge in [0.15, 0.2) is 11.7 Å². The van der Waals surface area contributed by atoms with Crippen LogP contribution in [-0.4, -0.2) is 422 Å². The topological polar surface area (TPSA) is 760 Å². The zero-order valence-electron chi connectivity index (χ0n) is 80.3. The number of alkyl carbamates (subject to hydrolysis) is 1. The number of aryl methyl sites for hydroxylation is 1. The van der Waals surface area contributed by atoms with Gasteiger partial charge in [0.2, 0.25) is 23.6 Å². The molecule has 0 saturated carbocycles. The number of nitrogens with zero attached hydrogens (tertiary/aromatic N) is 4. The van der Waals surface area contributed by atoms with E-state index in [-0.39, 0.29) is 153 Å². The van der Waals surface area contributed by atoms with Crippen molar-refractivity contribution >= 4 is 86.3 Å². The molecular formula is C92H139FN12O37Si. The van der Waals surface area contributed by atoms with Gasteiger partial charge >= 0.3 is 18.1 Å². The van der Waals surface area contributed by atoms with Crippen molar-refractivity contribution in [3.8, 4) is 11.4 Å². The molecule has 2 aromatic carbocycles. The largest absolute Gasteiger partial charge is 0.458 e. The molecule has 0 fully saturated rings. The number of aliphatic hydroxyl groups excluding tert-OH is 17. The molecule has 7 unspecified atom stereocenters. The van der Waals surface area contributed by atoms with Crippen LogP contribution in [0.15, 0.2) is 53.3 Å². The van der Waals surface area contributed by atoms with Crippen LogP contribution in [0.2, 0.25) is 5.54 Å². The number of primary amides is 1. The van der Waals surface area contributed by atoms with Crippen LogP contribution in [0.5, 0.6) is 0 Å². The van der Waals surface area contributed by atoms with Gasteiger partial charge in [-0.1, -0.05) is 39.3 Å². The smallest absolute Gasteiger partial charge is 0.407 e. The lowest BCUT2D eigenvalue weighted by atomic mass is 9.81. The fourth-order valence-electron chi connectivity index (χ4n) is 16.5. The second kappa shape index (κ2) is 57.9. The number of cyclic esters (lactones) is 1. The molecule has 1 aliphatic carbocycles. The van der Waals surface area contributed by atoms with Crippen LogP contribution in [0.25, 0.3) is 22.3 Å². The highest BCUT2D eigenvalue weighted by atomic mass is 28.1. The molecule has 800 valence electrons. The number of aliphatic hydroxyl groups is 18. The maximum Gasteiger partial charge on any atom is 0.407 e. The molecule has 49 nitrogen and oxygen atoms in total. The van der Waals surface area contributed by atoms with E-state index in [2.05, 4.69) is 37.2 Å². The van der Waals surface area contributed by atoms with Crippen LogP contribution >= 0.6 is 0 Å². The number of amides is 10. The Kier molecular flexibility index (Phi) is 48.0. The number of aromatic nitrogens is 2. The number of carbonyl (C=O) groups is 10. The van der Waals surface area contributed by atoms with Crippen molar-refractivity contribution in [2.75, 3.05) is 137 Å². The van der Waals surface area contributed by atoms with Crippen LogP contribution in [-0.2, 0) is 108 Å². The number of carbonyl (C=O) groups excluding carboxylic acids is 10. The first-order chi connectivity index (χ1) is 67.9. The summed E-state index contributed by atoms with van der Waals surface area (Å²) in [4.78, 5) is 154. The predicted molar refractivity (Wildman–Crippen MR) is 502 cm³/mol. The fraction of sp³-hybridized carbons (Fsp3) is 0.652. The summed E-state index contributed by atoms with van der Waals surface area (Å²) in [6, 6.07) is 3.60. The molecule has 0 bridgehead atoms. The number of urea groups is 1. The number of anilines is 1. The molecule has 0 radical (unpaired) electrons. The van der Waals surface area contributed by atoms with Crippen molar-refractivity contribution in [2.24, 2.45) is 11.7 Å². The predicted octanol–water partition coefficient (Wildman–Crippen LogP) is -8.73. The van der Waals surface area contributed by atoms with Crippen molar-refractivity contribution in [1.29, 1.82) is 0 Å². The zero-order valence-corrected chi connectivity index (χ0v) is 82.3. The average molecular weight is 2050 g/mol. The number of unbranched alkanes of at least 4 members (excludes halogenated alkanes) is 3. The van der Waals surface area contributed by atoms with Gasteiger partial charge in [0, 0.05) is 96.4 Å². The summed E-state index contributed by atoms with van der Waals surface area (Å²) in [6.45, 7) is -2.42. The number of rotatable bonds is 66. The summed E-state index contributed by atoms with van der Waals surface area (Å²) in [7, 11) is 0.371. The standard InChI is InChI=1S/C92H139FN12O37Si/c1-47(2)78(87(129)100-65(12-10-23-96-90(94)132)84(126)97-51-16-14-50(15-17-51)33-142-91(133)101-63-19-18-58-48(3)62(93)26-66-76(58)77(63)59-28-105-67(79(59)99-66)25-61-60(88(105)130)45-141-89(131)92(61,134)49(4)143)102-85(127)64(98-73(119)13-6-5-9-24-104-74(120)20-21-75(104)121)11-7-8-22-95-86(128)72(118)46-140-44-57(113)43-139-42-56(112)41-138-40-55(111)39-137-38-54(110)37-136-36-53(109)35-135-34-52(108)27-103(29-68(114)80(122)82(124)70(116)31-106)30-69(115)81(123)83(125)71(117)32-107/h14-17,20-21,25-26,47,49,52-57,63-65,68-72,78,80-83,106-118,122-125,134H,5-13,18-19,22-24,27-46H2,1-4,143H3,(H,95,128)(H,97,126)(H,98,119)(H,100,129)(H,101,133)(H,102,127)(H3,94,96,132)/t49-,52?,53?,54?,55?,56?,57?,63+,64+,65+,68+,69+,70-,71-,72?,78+,80-,81-,82-,83-,92+/m1/s1. The molecule has 27 N–H and O–H groups in total. The van der Waals surface area contributed by atoms with E-state index in [9.17, 15) is 134 Å². The molecule has 8 rings (SSSR count). The van der Waals surface area contributed by atoms with Crippen LogP contribution < -0.4 is 48.5 Å². The minimum absolute atomic E-state index is 0.00198. The van der Waals surface area contributed by atoms with Crippen LogP contribution in [0.1, 0.15) is 130 Å². The van der Waals surface area contributed by atoms with E-state index in [0.29, 0.717) is 86.9 Å². The van der Waals surface area contributed by atoms with Crippen molar-refractivity contribution < 1.29 is 182 Å². The van der Waals surface area contributed by atoms with E-state index >= 15 is 4.39 Å². The monoisotopic (exact) mass is 2050 g/mol. The van der Waals surface area contributed by atoms with Crippen molar-refractivity contribution in [3.63, 3.8) is 0 Å². The SMILES string of the molecule is Cc1c(F)cc2nc3c(c4c2c1CC[C@@H]4NC(=O)OCc1ccc(NC(=O)[C@H](CCCNC(N)=O)NC(=O)[C@@H](NC(=O)[C@H](CCCCNC(=O)C(O)COCC(O)COCC(O)COCC(O)COCC(O)COCC(O)COCC(O)CN(C[C@H](O)[C@@H](O)[C@H](O)[C@H](O)CO)C[C@H](O)[C@@H](O)[C@H](O)[C@H](O)CO)NC(=O)CCCCCN2C(=O)C=CC2=O)C(C)C)cc1)Cn1c-3cc2c(c1=O)COC(=O)[C@]2(O)[C@@H](C)[SiH3]. The Labute approximate surface area is 824 Å². The first-order valence-electron chi connectivity index (χ1n) is 47.4. The number of halogens is 1. The van der Waals surface area contributed by atoms with Crippen LogP contribution in [0, 0.1) is 18.7 Å². The third-order valence-corrected chi connectivity index (χ3v) is 25.3. The first kappa shape index (κ1) is 118. The van der Waals surface area contributed by atoms with Crippen molar-refractivity contribution in [1.82, 2.24) is 51.3 Å². The Morgan fingerprint density at radius 3 is 1.64 bits per heavy atom. The van der Waals surface area contributed by atoms with Crippen molar-refractivity contribution in [2.45, 2.75) is 245 Å². The summed E-state index contributed by atoms with van der Waals surface area (Å²) in [5.74, 6) is -6.66. The normalized spacial score (nSPS) is 19.0. The number of imide groups is 1. The number of pyridine rings is 2. The third kappa shape index (κ3) is 34.9. The molecule has 2 aromatic heterocycles. The zero-order chi connectivity index (χ0) is 105. The highest BCUT2D eigenvalue weighted by molar-refractivity contribution is 6.15. The Balaban J connectivity index is 0.738. The molecule has 143 heavy (non-hydrogen) atoms. The third-order valence-electron chi connectivity index (χ3n) is 24.4. The molecule has 0 spiro atoms. The Hall–Kier alpha value is -9.81. The van der Waals surface area contributed by atoms with Crippen LogP contribution in [0.3, 0.4) is 0 Å². The number of ether oxygens (including phenoxy) is 8. The van der Waals surface area contributed by atoms with Gasteiger partial charge in [0.05, 0.1) is 146 Å². The van der Waals surface area contributed by atoms with E-state index in [1.54, 1.807) is 45.9 Å². The molecule has 21 atom stereocenters. The molecule has 51 heteroatoms. The molecular weight excluding hydrogens is 1910 g/mol. The lowest BCUT2D eigenvalue weighted by Crippen LogP contribution is -2.57.